The molecule has 0 fully saturated rings. The van der Waals surface area contributed by atoms with Gasteiger partial charge in [-0.25, -0.2) is 0 Å². The highest BCUT2D eigenvalue weighted by Crippen LogP contribution is 2.33. The van der Waals surface area contributed by atoms with Crippen LogP contribution in [0.4, 0.5) is 5.69 Å². The molecule has 4 rings (SSSR count). The van der Waals surface area contributed by atoms with E-state index in [4.69, 9.17) is 4.74 Å². The maximum absolute atomic E-state index is 12.8. The highest BCUT2D eigenvalue weighted by molar-refractivity contribution is 5.97. The topological polar surface area (TPSA) is 29.5 Å². The number of fused-ring (bicyclic) bond motifs is 2. The molecule has 0 bridgehead atoms. The van der Waals surface area contributed by atoms with Gasteiger partial charge in [0.25, 0.3) is 5.91 Å². The van der Waals surface area contributed by atoms with Crippen LogP contribution in [-0.4, -0.2) is 18.6 Å². The molecule has 1 amide bonds. The quantitative estimate of drug-likeness (QED) is 0.857. The summed E-state index contributed by atoms with van der Waals surface area (Å²) in [6, 6.07) is 14.6. The first kappa shape index (κ1) is 15.3. The van der Waals surface area contributed by atoms with Gasteiger partial charge in [-0.15, -0.1) is 0 Å². The molecule has 1 aliphatic heterocycles. The number of anilines is 1. The van der Waals surface area contributed by atoms with E-state index in [1.54, 1.807) is 0 Å². The van der Waals surface area contributed by atoms with Crippen molar-refractivity contribution in [3.05, 3.63) is 59.2 Å². The van der Waals surface area contributed by atoms with Gasteiger partial charge >= 0.3 is 0 Å². The summed E-state index contributed by atoms with van der Waals surface area (Å²) in [5, 5.41) is 0. The average molecular weight is 321 g/mol. The Morgan fingerprint density at radius 3 is 2.79 bits per heavy atom. The van der Waals surface area contributed by atoms with E-state index in [1.165, 1.54) is 29.5 Å². The van der Waals surface area contributed by atoms with Crippen molar-refractivity contribution in [3.63, 3.8) is 0 Å². The molecule has 24 heavy (non-hydrogen) atoms. The molecule has 0 spiro atoms. The van der Waals surface area contributed by atoms with E-state index in [1.807, 2.05) is 35.2 Å². The van der Waals surface area contributed by atoms with Gasteiger partial charge in [-0.05, 0) is 67.9 Å². The van der Waals surface area contributed by atoms with Crippen LogP contribution in [0.1, 0.15) is 36.5 Å². The summed E-state index contributed by atoms with van der Waals surface area (Å²) >= 11 is 0. The highest BCUT2D eigenvalue weighted by atomic mass is 16.5. The zero-order valence-electron chi connectivity index (χ0n) is 14.1. The molecule has 3 heteroatoms. The lowest BCUT2D eigenvalue weighted by Gasteiger charge is -2.24. The van der Waals surface area contributed by atoms with E-state index in [0.717, 1.165) is 30.7 Å². The largest absolute Gasteiger partial charge is 0.483 e. The molecule has 0 radical (unpaired) electrons. The Morgan fingerprint density at radius 1 is 1.08 bits per heavy atom. The lowest BCUT2D eigenvalue weighted by molar-refractivity contribution is -0.120. The molecule has 3 nitrogen and oxygen atoms in total. The van der Waals surface area contributed by atoms with Crippen molar-refractivity contribution in [1.82, 2.24) is 0 Å². The minimum absolute atomic E-state index is 0.0425. The Bertz CT molecular complexity index is 768. The molecular weight excluding hydrogens is 298 g/mol. The van der Waals surface area contributed by atoms with Crippen molar-refractivity contribution in [2.24, 2.45) is 0 Å². The number of para-hydroxylation sites is 1. The zero-order chi connectivity index (χ0) is 16.5. The molecule has 1 aliphatic carbocycles. The van der Waals surface area contributed by atoms with Crippen molar-refractivity contribution in [3.8, 4) is 5.75 Å². The molecule has 0 N–H and O–H groups in total. The lowest BCUT2D eigenvalue weighted by atomic mass is 9.91. The number of carbonyl (C=O) groups is 1. The summed E-state index contributed by atoms with van der Waals surface area (Å²) < 4.78 is 5.95. The predicted octanol–water partition coefficient (Wildman–Crippen LogP) is 3.92. The summed E-state index contributed by atoms with van der Waals surface area (Å²) in [5.74, 6) is 0.932. The third-order valence-corrected chi connectivity index (χ3v) is 5.18. The molecule has 2 aromatic rings. The van der Waals surface area contributed by atoms with Crippen LogP contribution in [0.15, 0.2) is 42.5 Å². The van der Waals surface area contributed by atoms with E-state index in [0.29, 0.717) is 0 Å². The number of aryl methyl sites for hydroxylation is 1. The first-order chi connectivity index (χ1) is 11.7. The fraction of sp³-hybridized carbons (Fsp3) is 0.381. The van der Waals surface area contributed by atoms with E-state index in [-0.39, 0.29) is 18.6 Å². The lowest BCUT2D eigenvalue weighted by Crippen LogP contribution is -2.39. The number of benzene rings is 2. The van der Waals surface area contributed by atoms with Gasteiger partial charge in [0.2, 0.25) is 0 Å². The molecule has 124 valence electrons. The van der Waals surface area contributed by atoms with Gasteiger partial charge in [0.05, 0.1) is 0 Å². The van der Waals surface area contributed by atoms with Gasteiger partial charge < -0.3 is 9.64 Å². The number of nitrogens with zero attached hydrogens (tertiary/aromatic N) is 1. The van der Waals surface area contributed by atoms with E-state index in [9.17, 15) is 4.79 Å². The number of carbonyl (C=O) groups excluding carboxylic acids is 1. The predicted molar refractivity (Wildman–Crippen MR) is 95.7 cm³/mol. The van der Waals surface area contributed by atoms with Crippen molar-refractivity contribution in [2.75, 3.05) is 11.5 Å². The second-order valence-electron chi connectivity index (χ2n) is 6.84. The number of amides is 1. The van der Waals surface area contributed by atoms with Crippen LogP contribution >= 0.6 is 0 Å². The van der Waals surface area contributed by atoms with Gasteiger partial charge in [0.15, 0.2) is 6.61 Å². The van der Waals surface area contributed by atoms with Crippen LogP contribution in [0.2, 0.25) is 0 Å². The van der Waals surface area contributed by atoms with Crippen LogP contribution in [0.5, 0.6) is 5.75 Å². The van der Waals surface area contributed by atoms with Crippen molar-refractivity contribution in [2.45, 2.75) is 45.1 Å². The van der Waals surface area contributed by atoms with Crippen molar-refractivity contribution in [1.29, 1.82) is 0 Å². The monoisotopic (exact) mass is 321 g/mol. The third kappa shape index (κ3) is 2.68. The zero-order valence-corrected chi connectivity index (χ0v) is 14.1. The Hall–Kier alpha value is -2.29. The Morgan fingerprint density at radius 2 is 1.88 bits per heavy atom. The molecule has 0 aromatic heterocycles. The van der Waals surface area contributed by atoms with Gasteiger partial charge in [-0.1, -0.05) is 30.3 Å². The standard InChI is InChI=1S/C21H23NO2/c1-15-13-17-8-3-5-11-19(17)22(15)21(23)14-24-20-12-6-9-16-7-2-4-10-18(16)20/h3,5-6,8-9,11-12,15H,2,4,7,10,13-14H2,1H3. The maximum atomic E-state index is 12.8. The summed E-state index contributed by atoms with van der Waals surface area (Å²) in [4.78, 5) is 14.7. The molecule has 1 unspecified atom stereocenters. The van der Waals surface area contributed by atoms with Crippen LogP contribution in [0.3, 0.4) is 0 Å². The smallest absolute Gasteiger partial charge is 0.265 e. The SMILES string of the molecule is CC1Cc2ccccc2N1C(=O)COc1cccc2c1CCCC2. The first-order valence-electron chi connectivity index (χ1n) is 8.87. The second-order valence-corrected chi connectivity index (χ2v) is 6.84. The fourth-order valence-corrected chi connectivity index (χ4v) is 4.04. The molecule has 1 heterocycles. The fourth-order valence-electron chi connectivity index (χ4n) is 4.04. The second kappa shape index (κ2) is 6.31. The van der Waals surface area contributed by atoms with E-state index >= 15 is 0 Å². The van der Waals surface area contributed by atoms with E-state index in [2.05, 4.69) is 19.1 Å². The first-order valence-corrected chi connectivity index (χ1v) is 8.87. The molecule has 0 saturated heterocycles. The van der Waals surface area contributed by atoms with Gasteiger partial charge in [-0.2, -0.15) is 0 Å². The molecule has 0 saturated carbocycles. The minimum atomic E-state index is 0.0425. The van der Waals surface area contributed by atoms with Crippen molar-refractivity contribution >= 4 is 11.6 Å². The minimum Gasteiger partial charge on any atom is -0.483 e. The molecule has 2 aromatic carbocycles. The van der Waals surface area contributed by atoms with Crippen LogP contribution in [0, 0.1) is 0 Å². The van der Waals surface area contributed by atoms with Crippen molar-refractivity contribution < 1.29 is 9.53 Å². The Labute approximate surface area is 143 Å². The molecule has 2 aliphatic rings. The van der Waals surface area contributed by atoms with Gasteiger partial charge in [0.1, 0.15) is 5.75 Å². The number of rotatable bonds is 3. The summed E-state index contributed by atoms with van der Waals surface area (Å²) in [5.41, 5.74) is 4.96. The summed E-state index contributed by atoms with van der Waals surface area (Å²) in [6.07, 6.45) is 5.55. The van der Waals surface area contributed by atoms with Crippen LogP contribution in [-0.2, 0) is 24.1 Å². The Balaban J connectivity index is 1.50. The number of hydrogen-bond acceptors (Lipinski definition) is 2. The maximum Gasteiger partial charge on any atom is 0.265 e. The Kier molecular flexibility index (Phi) is 4.01. The number of hydrogen-bond donors (Lipinski definition) is 0. The average Bonchev–Trinajstić information content (AvgIpc) is 2.95. The molecular formula is C21H23NO2. The third-order valence-electron chi connectivity index (χ3n) is 5.18. The normalized spacial score (nSPS) is 18.9. The van der Waals surface area contributed by atoms with Crippen LogP contribution < -0.4 is 9.64 Å². The summed E-state index contributed by atoms with van der Waals surface area (Å²) in [6.45, 7) is 2.21. The van der Waals surface area contributed by atoms with Gasteiger partial charge in [0, 0.05) is 11.7 Å². The summed E-state index contributed by atoms with van der Waals surface area (Å²) in [7, 11) is 0. The molecule has 1 atom stereocenters. The van der Waals surface area contributed by atoms with Crippen LogP contribution in [0.25, 0.3) is 0 Å². The highest BCUT2D eigenvalue weighted by Gasteiger charge is 2.30. The van der Waals surface area contributed by atoms with Gasteiger partial charge in [-0.3, -0.25) is 4.79 Å². The number of ether oxygens (including phenoxy) is 1. The van der Waals surface area contributed by atoms with E-state index < -0.39 is 0 Å².